The summed E-state index contributed by atoms with van der Waals surface area (Å²) in [6.07, 6.45) is 1.42. The Morgan fingerprint density at radius 1 is 1.12 bits per heavy atom. The van der Waals surface area contributed by atoms with Gasteiger partial charge in [-0.05, 0) is 43.8 Å². The first-order valence-corrected chi connectivity index (χ1v) is 9.24. The van der Waals surface area contributed by atoms with E-state index in [-0.39, 0.29) is 5.78 Å². The van der Waals surface area contributed by atoms with Crippen LogP contribution >= 0.6 is 0 Å². The normalized spacial score (nSPS) is 14.7. The summed E-state index contributed by atoms with van der Waals surface area (Å²) in [5.41, 5.74) is 1.88. The molecule has 0 radical (unpaired) electrons. The van der Waals surface area contributed by atoms with Gasteiger partial charge >= 0.3 is 0 Å². The Kier molecular flexibility index (Phi) is 2.99. The smallest absolute Gasteiger partial charge is 0.242 e. The zero-order valence-corrected chi connectivity index (χ0v) is 11.8. The third-order valence-corrected chi connectivity index (χ3v) is 3.56. The molecular weight excluding hydrogens is 232 g/mol. The highest BCUT2D eigenvalue weighted by Gasteiger charge is 2.25. The van der Waals surface area contributed by atoms with Gasteiger partial charge in [0.25, 0.3) is 0 Å². The number of ketones is 1. The summed E-state index contributed by atoms with van der Waals surface area (Å²) in [4.78, 5) is 11.7. The first kappa shape index (κ1) is 12.2. The SMILES string of the molecule is COc1cc2c(cc1O[Si](C)(C)C)C(=O)CC2. The minimum Gasteiger partial charge on any atom is -0.542 e. The Bertz CT molecular complexity index is 460. The molecule has 4 heteroatoms. The van der Waals surface area contributed by atoms with Gasteiger partial charge in [-0.15, -0.1) is 0 Å². The van der Waals surface area contributed by atoms with Crippen LogP contribution in [-0.2, 0) is 6.42 Å². The summed E-state index contributed by atoms with van der Waals surface area (Å²) in [5.74, 6) is 1.66. The van der Waals surface area contributed by atoms with E-state index in [1.54, 1.807) is 7.11 Å². The Labute approximate surface area is 103 Å². The van der Waals surface area contributed by atoms with Crippen LogP contribution in [0.1, 0.15) is 22.3 Å². The van der Waals surface area contributed by atoms with Crippen molar-refractivity contribution in [2.75, 3.05) is 7.11 Å². The molecule has 0 N–H and O–H groups in total. The van der Waals surface area contributed by atoms with Gasteiger partial charge in [-0.1, -0.05) is 0 Å². The average Bonchev–Trinajstić information content (AvgIpc) is 2.57. The number of hydrogen-bond acceptors (Lipinski definition) is 3. The lowest BCUT2D eigenvalue weighted by Gasteiger charge is -2.21. The number of hydrogen-bond donors (Lipinski definition) is 0. The van der Waals surface area contributed by atoms with Crippen LogP contribution in [-0.4, -0.2) is 21.2 Å². The molecule has 17 heavy (non-hydrogen) atoms. The van der Waals surface area contributed by atoms with E-state index in [0.717, 1.165) is 23.3 Å². The molecule has 0 spiro atoms. The molecule has 0 aliphatic heterocycles. The number of ether oxygens (including phenoxy) is 1. The third-order valence-electron chi connectivity index (χ3n) is 2.73. The number of carbonyl (C=O) groups excluding carboxylic acids is 1. The van der Waals surface area contributed by atoms with Crippen LogP contribution in [0.25, 0.3) is 0 Å². The third kappa shape index (κ3) is 2.52. The lowest BCUT2D eigenvalue weighted by molar-refractivity contribution is 0.0994. The first-order valence-electron chi connectivity index (χ1n) is 5.84. The number of Topliss-reactive ketones (excluding diaryl/α,β-unsaturated/α-hetero) is 1. The van der Waals surface area contributed by atoms with Crippen LogP contribution in [0.5, 0.6) is 11.5 Å². The predicted molar refractivity (Wildman–Crippen MR) is 69.6 cm³/mol. The van der Waals surface area contributed by atoms with Crippen LogP contribution in [0.3, 0.4) is 0 Å². The van der Waals surface area contributed by atoms with Crippen LogP contribution in [0.4, 0.5) is 0 Å². The lowest BCUT2D eigenvalue weighted by atomic mass is 10.1. The van der Waals surface area contributed by atoms with Crippen LogP contribution in [0.15, 0.2) is 12.1 Å². The quantitative estimate of drug-likeness (QED) is 0.773. The average molecular weight is 250 g/mol. The van der Waals surface area contributed by atoms with Crippen molar-refractivity contribution in [2.24, 2.45) is 0 Å². The molecule has 2 rings (SSSR count). The number of methoxy groups -OCH3 is 1. The summed E-state index contributed by atoms with van der Waals surface area (Å²) in [6, 6.07) is 3.79. The number of fused-ring (bicyclic) bond motifs is 1. The molecule has 0 aromatic heterocycles. The highest BCUT2D eigenvalue weighted by molar-refractivity contribution is 6.70. The fourth-order valence-electron chi connectivity index (χ4n) is 2.02. The molecule has 0 heterocycles. The van der Waals surface area contributed by atoms with Crippen LogP contribution < -0.4 is 9.16 Å². The zero-order chi connectivity index (χ0) is 12.6. The summed E-state index contributed by atoms with van der Waals surface area (Å²) in [6.45, 7) is 6.34. The van der Waals surface area contributed by atoms with Gasteiger partial charge < -0.3 is 9.16 Å². The second kappa shape index (κ2) is 4.18. The molecule has 0 atom stereocenters. The maximum absolute atomic E-state index is 11.7. The molecular formula is C13H18O3Si. The molecule has 3 nitrogen and oxygen atoms in total. The van der Waals surface area contributed by atoms with Crippen LogP contribution in [0, 0.1) is 0 Å². The molecule has 92 valence electrons. The summed E-state index contributed by atoms with van der Waals surface area (Å²) < 4.78 is 11.3. The molecule has 0 saturated heterocycles. The van der Waals surface area contributed by atoms with Crippen LogP contribution in [0.2, 0.25) is 19.6 Å². The molecule has 0 unspecified atom stereocenters. The minimum absolute atomic E-state index is 0.211. The van der Waals surface area contributed by atoms with E-state index >= 15 is 0 Å². The Hall–Kier alpha value is -1.29. The number of benzene rings is 1. The van der Waals surface area contributed by atoms with Crippen molar-refractivity contribution in [3.05, 3.63) is 23.3 Å². The lowest BCUT2D eigenvalue weighted by Crippen LogP contribution is -2.29. The number of carbonyl (C=O) groups is 1. The predicted octanol–water partition coefficient (Wildman–Crippen LogP) is 3.04. The zero-order valence-electron chi connectivity index (χ0n) is 10.8. The maximum atomic E-state index is 11.7. The van der Waals surface area contributed by atoms with Crippen molar-refractivity contribution in [2.45, 2.75) is 32.5 Å². The molecule has 0 fully saturated rings. The molecule has 1 aliphatic rings. The van der Waals surface area contributed by atoms with Crippen molar-refractivity contribution in [3.63, 3.8) is 0 Å². The maximum Gasteiger partial charge on any atom is 0.242 e. The molecule has 1 aliphatic carbocycles. The van der Waals surface area contributed by atoms with Gasteiger partial charge in [-0.2, -0.15) is 0 Å². The fourth-order valence-corrected chi connectivity index (χ4v) is 2.84. The molecule has 1 aromatic rings. The number of aryl methyl sites for hydroxylation is 1. The Balaban J connectivity index is 2.44. The van der Waals surface area contributed by atoms with Gasteiger partial charge in [0.1, 0.15) is 5.75 Å². The molecule has 0 saturated carbocycles. The first-order chi connectivity index (χ1) is 7.90. The van der Waals surface area contributed by atoms with Gasteiger partial charge in [-0.3, -0.25) is 4.79 Å². The monoisotopic (exact) mass is 250 g/mol. The summed E-state index contributed by atoms with van der Waals surface area (Å²) in [5, 5.41) is 0. The van der Waals surface area contributed by atoms with Gasteiger partial charge in [0.2, 0.25) is 8.32 Å². The number of rotatable bonds is 3. The van der Waals surface area contributed by atoms with E-state index in [2.05, 4.69) is 19.6 Å². The largest absolute Gasteiger partial charge is 0.542 e. The standard InChI is InChI=1S/C13H18O3Si/c1-15-12-7-9-5-6-11(14)10(9)8-13(12)16-17(2,3)4/h7-8H,5-6H2,1-4H3. The van der Waals surface area contributed by atoms with E-state index in [0.29, 0.717) is 12.2 Å². The highest BCUT2D eigenvalue weighted by Crippen LogP contribution is 2.36. The van der Waals surface area contributed by atoms with E-state index in [9.17, 15) is 4.79 Å². The Morgan fingerprint density at radius 3 is 2.41 bits per heavy atom. The topological polar surface area (TPSA) is 35.5 Å². The second-order valence-electron chi connectivity index (χ2n) is 5.30. The van der Waals surface area contributed by atoms with E-state index in [1.165, 1.54) is 0 Å². The highest BCUT2D eigenvalue weighted by atomic mass is 28.4. The van der Waals surface area contributed by atoms with E-state index < -0.39 is 8.32 Å². The van der Waals surface area contributed by atoms with Gasteiger partial charge in [0.15, 0.2) is 11.5 Å². The molecule has 0 bridgehead atoms. The van der Waals surface area contributed by atoms with E-state index in [4.69, 9.17) is 9.16 Å². The van der Waals surface area contributed by atoms with Crippen molar-refractivity contribution >= 4 is 14.1 Å². The van der Waals surface area contributed by atoms with Crippen molar-refractivity contribution in [1.82, 2.24) is 0 Å². The van der Waals surface area contributed by atoms with Crippen molar-refractivity contribution < 1.29 is 14.0 Å². The second-order valence-corrected chi connectivity index (χ2v) is 9.73. The van der Waals surface area contributed by atoms with Gasteiger partial charge in [0.05, 0.1) is 7.11 Å². The minimum atomic E-state index is -1.69. The van der Waals surface area contributed by atoms with Crippen molar-refractivity contribution in [1.29, 1.82) is 0 Å². The molecule has 0 amide bonds. The van der Waals surface area contributed by atoms with E-state index in [1.807, 2.05) is 12.1 Å². The van der Waals surface area contributed by atoms with Crippen molar-refractivity contribution in [3.8, 4) is 11.5 Å². The Morgan fingerprint density at radius 2 is 1.82 bits per heavy atom. The fraction of sp³-hybridized carbons (Fsp3) is 0.462. The summed E-state index contributed by atoms with van der Waals surface area (Å²) >= 11 is 0. The summed E-state index contributed by atoms with van der Waals surface area (Å²) in [7, 11) is -0.0572. The van der Waals surface area contributed by atoms with Gasteiger partial charge in [0, 0.05) is 12.0 Å². The molecule has 1 aromatic carbocycles. The van der Waals surface area contributed by atoms with Gasteiger partial charge in [-0.25, -0.2) is 0 Å².